The monoisotopic (exact) mass is 426 g/mol. The van der Waals surface area contributed by atoms with Gasteiger partial charge >= 0.3 is 5.97 Å². The Morgan fingerprint density at radius 2 is 1.73 bits per heavy atom. The third-order valence-electron chi connectivity index (χ3n) is 5.02. The lowest BCUT2D eigenvalue weighted by Crippen LogP contribution is -2.07. The van der Waals surface area contributed by atoms with Crippen LogP contribution < -0.4 is 0 Å². The molecule has 30 heavy (non-hydrogen) atoms. The van der Waals surface area contributed by atoms with E-state index in [4.69, 9.17) is 0 Å². The van der Waals surface area contributed by atoms with E-state index in [0.29, 0.717) is 17.1 Å². The number of nitrogens with zero attached hydrogens (tertiary/aromatic N) is 2. The van der Waals surface area contributed by atoms with Crippen LogP contribution in [0.5, 0.6) is 0 Å². The van der Waals surface area contributed by atoms with Crippen LogP contribution in [0.3, 0.4) is 0 Å². The van der Waals surface area contributed by atoms with Gasteiger partial charge < -0.3 is 9.67 Å². The minimum absolute atomic E-state index is 0.162. The summed E-state index contributed by atoms with van der Waals surface area (Å²) in [7, 11) is -3.32. The minimum atomic E-state index is -3.32. The van der Waals surface area contributed by atoms with E-state index in [1.807, 2.05) is 63.4 Å². The fourth-order valence-electron chi connectivity index (χ4n) is 3.39. The van der Waals surface area contributed by atoms with Crippen molar-refractivity contribution in [3.63, 3.8) is 0 Å². The van der Waals surface area contributed by atoms with E-state index >= 15 is 0 Å². The first-order chi connectivity index (χ1) is 14.1. The van der Waals surface area contributed by atoms with Crippen molar-refractivity contribution in [2.45, 2.75) is 44.4 Å². The van der Waals surface area contributed by atoms with Crippen molar-refractivity contribution in [1.82, 2.24) is 9.55 Å². The van der Waals surface area contributed by atoms with Gasteiger partial charge in [-0.25, -0.2) is 13.4 Å². The zero-order valence-corrected chi connectivity index (χ0v) is 18.4. The summed E-state index contributed by atoms with van der Waals surface area (Å²) in [6.07, 6.45) is 3.58. The molecule has 0 aliphatic heterocycles. The largest absolute Gasteiger partial charge is 0.481 e. The Morgan fingerprint density at radius 3 is 2.27 bits per heavy atom. The summed E-state index contributed by atoms with van der Waals surface area (Å²) >= 11 is 0. The number of hydrogen-bond acceptors (Lipinski definition) is 4. The number of carbonyl (C=O) groups is 1. The van der Waals surface area contributed by atoms with E-state index in [1.165, 1.54) is 6.26 Å². The van der Waals surface area contributed by atoms with Gasteiger partial charge in [-0.15, -0.1) is 0 Å². The average molecular weight is 427 g/mol. The highest BCUT2D eigenvalue weighted by Crippen LogP contribution is 2.27. The SMILES string of the molecule is CCc1ccc(-c2ccc(-n3cc(C(C)C)nc3CC(=O)O)cc2)cc1S(C)(=O)=O. The summed E-state index contributed by atoms with van der Waals surface area (Å²) in [6.45, 7) is 5.96. The van der Waals surface area contributed by atoms with Gasteiger partial charge in [-0.05, 0) is 47.2 Å². The number of aromatic nitrogens is 2. The maximum atomic E-state index is 12.2. The Morgan fingerprint density at radius 1 is 1.10 bits per heavy atom. The van der Waals surface area contributed by atoms with Crippen molar-refractivity contribution in [3.05, 3.63) is 65.7 Å². The Labute approximate surface area is 177 Å². The quantitative estimate of drug-likeness (QED) is 0.610. The zero-order valence-electron chi connectivity index (χ0n) is 17.6. The predicted octanol–water partition coefficient (Wildman–Crippen LogP) is 4.26. The third kappa shape index (κ3) is 4.62. The smallest absolute Gasteiger partial charge is 0.311 e. The summed E-state index contributed by atoms with van der Waals surface area (Å²) in [5, 5.41) is 9.21. The maximum Gasteiger partial charge on any atom is 0.311 e. The van der Waals surface area contributed by atoms with Crippen LogP contribution in [-0.2, 0) is 27.5 Å². The molecular weight excluding hydrogens is 400 g/mol. The molecule has 1 N–H and O–H groups in total. The molecule has 0 unspecified atom stereocenters. The van der Waals surface area contributed by atoms with Crippen LogP contribution in [0.15, 0.2) is 53.6 Å². The third-order valence-corrected chi connectivity index (χ3v) is 6.20. The van der Waals surface area contributed by atoms with E-state index in [9.17, 15) is 18.3 Å². The van der Waals surface area contributed by atoms with Crippen molar-refractivity contribution in [2.75, 3.05) is 6.26 Å². The van der Waals surface area contributed by atoms with Crippen molar-refractivity contribution in [1.29, 1.82) is 0 Å². The first kappa shape index (κ1) is 21.8. The van der Waals surface area contributed by atoms with Gasteiger partial charge in [-0.1, -0.05) is 45.0 Å². The molecule has 7 heteroatoms. The molecule has 0 saturated heterocycles. The predicted molar refractivity (Wildman–Crippen MR) is 117 cm³/mol. The van der Waals surface area contributed by atoms with Gasteiger partial charge in [0.15, 0.2) is 9.84 Å². The summed E-state index contributed by atoms with van der Waals surface area (Å²) in [5.41, 5.74) is 4.15. The highest BCUT2D eigenvalue weighted by atomic mass is 32.2. The number of aliphatic carboxylic acids is 1. The van der Waals surface area contributed by atoms with Crippen molar-refractivity contribution in [2.24, 2.45) is 0 Å². The molecule has 0 aliphatic carbocycles. The molecule has 0 saturated carbocycles. The highest BCUT2D eigenvalue weighted by molar-refractivity contribution is 7.90. The molecule has 0 bridgehead atoms. The van der Waals surface area contributed by atoms with Crippen molar-refractivity contribution < 1.29 is 18.3 Å². The molecular formula is C23H26N2O4S. The van der Waals surface area contributed by atoms with Crippen LogP contribution in [0.2, 0.25) is 0 Å². The van der Waals surface area contributed by atoms with Crippen molar-refractivity contribution in [3.8, 4) is 16.8 Å². The first-order valence-corrected chi connectivity index (χ1v) is 11.7. The molecule has 3 rings (SSSR count). The summed E-state index contributed by atoms with van der Waals surface area (Å²) in [6, 6.07) is 13.1. The minimum Gasteiger partial charge on any atom is -0.481 e. The molecule has 0 aliphatic rings. The summed E-state index contributed by atoms with van der Waals surface area (Å²) in [4.78, 5) is 16.1. The molecule has 0 fully saturated rings. The van der Waals surface area contributed by atoms with E-state index in [0.717, 1.165) is 28.1 Å². The first-order valence-electron chi connectivity index (χ1n) is 9.84. The second-order valence-electron chi connectivity index (χ2n) is 7.67. The van der Waals surface area contributed by atoms with Crippen LogP contribution >= 0.6 is 0 Å². The number of aryl methyl sites for hydroxylation is 1. The lowest BCUT2D eigenvalue weighted by Gasteiger charge is -2.11. The van der Waals surface area contributed by atoms with E-state index in [1.54, 1.807) is 10.6 Å². The molecule has 1 heterocycles. The van der Waals surface area contributed by atoms with Crippen LogP contribution in [0.1, 0.15) is 43.8 Å². The van der Waals surface area contributed by atoms with E-state index < -0.39 is 15.8 Å². The summed E-state index contributed by atoms with van der Waals surface area (Å²) in [5.74, 6) is -0.270. The standard InChI is InChI=1S/C23H26N2O4S/c1-5-16-6-7-18(12-21(16)30(4,28)29)17-8-10-19(11-9-17)25-14-20(15(2)3)24-22(25)13-23(26)27/h6-12,14-15H,5,13H2,1-4H3,(H,26,27). The second kappa shape index (κ2) is 8.44. The number of carboxylic acids is 1. The molecule has 1 aromatic heterocycles. The Bertz CT molecular complexity index is 1180. The highest BCUT2D eigenvalue weighted by Gasteiger charge is 2.16. The summed E-state index contributed by atoms with van der Waals surface area (Å²) < 4.78 is 26.1. The molecule has 0 atom stereocenters. The lowest BCUT2D eigenvalue weighted by atomic mass is 10.0. The topological polar surface area (TPSA) is 89.3 Å². The van der Waals surface area contributed by atoms with E-state index in [-0.39, 0.29) is 12.3 Å². The zero-order chi connectivity index (χ0) is 22.1. The van der Waals surface area contributed by atoms with Gasteiger partial charge in [0.05, 0.1) is 10.6 Å². The van der Waals surface area contributed by atoms with Gasteiger partial charge in [-0.2, -0.15) is 0 Å². The van der Waals surface area contributed by atoms with E-state index in [2.05, 4.69) is 4.98 Å². The van der Waals surface area contributed by atoms with Crippen LogP contribution in [0.25, 0.3) is 16.8 Å². The lowest BCUT2D eigenvalue weighted by molar-refractivity contribution is -0.136. The molecule has 0 radical (unpaired) electrons. The molecule has 3 aromatic rings. The Balaban J connectivity index is 2.01. The van der Waals surface area contributed by atoms with Gasteiger partial charge in [0.2, 0.25) is 0 Å². The molecule has 6 nitrogen and oxygen atoms in total. The molecule has 158 valence electrons. The second-order valence-corrected chi connectivity index (χ2v) is 9.66. The van der Waals surface area contributed by atoms with Crippen LogP contribution in [0, 0.1) is 0 Å². The fourth-order valence-corrected chi connectivity index (χ4v) is 4.42. The van der Waals surface area contributed by atoms with Crippen molar-refractivity contribution >= 4 is 15.8 Å². The Hall–Kier alpha value is -2.93. The number of benzene rings is 2. The number of rotatable bonds is 7. The average Bonchev–Trinajstić information content (AvgIpc) is 3.10. The van der Waals surface area contributed by atoms with Crippen LogP contribution in [-0.4, -0.2) is 35.3 Å². The van der Waals surface area contributed by atoms with Gasteiger partial charge in [0, 0.05) is 18.1 Å². The number of sulfone groups is 1. The fraction of sp³-hybridized carbons (Fsp3) is 0.304. The molecule has 0 amide bonds. The number of carboxylic acid groups (broad SMARTS) is 1. The normalized spacial score (nSPS) is 11.8. The van der Waals surface area contributed by atoms with Gasteiger partial charge in [0.25, 0.3) is 0 Å². The Kier molecular flexibility index (Phi) is 6.12. The number of hydrogen-bond donors (Lipinski definition) is 1. The molecule has 2 aromatic carbocycles. The van der Waals surface area contributed by atoms with Crippen LogP contribution in [0.4, 0.5) is 0 Å². The van der Waals surface area contributed by atoms with Gasteiger partial charge in [-0.3, -0.25) is 4.79 Å². The maximum absolute atomic E-state index is 12.2. The number of imidazole rings is 1. The van der Waals surface area contributed by atoms with Gasteiger partial charge in [0.1, 0.15) is 12.2 Å². The molecule has 0 spiro atoms.